The Morgan fingerprint density at radius 3 is 2.69 bits per heavy atom. The van der Waals surface area contributed by atoms with Crippen LogP contribution in [0.2, 0.25) is 0 Å². The zero-order valence-corrected chi connectivity index (χ0v) is 10.1. The van der Waals surface area contributed by atoms with Crippen LogP contribution in [-0.4, -0.2) is 43.3 Å². The van der Waals surface area contributed by atoms with Crippen molar-refractivity contribution in [3.8, 4) is 0 Å². The first-order chi connectivity index (χ1) is 6.95. The van der Waals surface area contributed by atoms with E-state index in [1.807, 2.05) is 0 Å². The standard InChI is InChI=1S/C7H7ClN2O4S.ClH/c8-2-1-15(14)6-3(9)5(11)10(6)4(2)7(12)13;/h3,6H,1,9H2,(H,12,13);1H/t3-,6-,15?;/m1./s1. The quantitative estimate of drug-likeness (QED) is 0.615. The van der Waals surface area contributed by atoms with Gasteiger partial charge in [-0.3, -0.25) is 13.9 Å². The largest absolute Gasteiger partial charge is 0.477 e. The van der Waals surface area contributed by atoms with E-state index in [1.165, 1.54) is 0 Å². The molecule has 1 unspecified atom stereocenters. The molecule has 0 spiro atoms. The summed E-state index contributed by atoms with van der Waals surface area (Å²) in [5, 5.41) is 8.03. The Morgan fingerprint density at radius 2 is 2.19 bits per heavy atom. The molecule has 0 aromatic carbocycles. The lowest BCUT2D eigenvalue weighted by molar-refractivity contribution is -0.148. The smallest absolute Gasteiger partial charge is 0.353 e. The van der Waals surface area contributed by atoms with Crippen molar-refractivity contribution in [2.24, 2.45) is 5.73 Å². The Kier molecular flexibility index (Phi) is 3.63. The molecule has 16 heavy (non-hydrogen) atoms. The number of amides is 1. The predicted octanol–water partition coefficient (Wildman–Crippen LogP) is -0.799. The zero-order valence-electron chi connectivity index (χ0n) is 7.75. The summed E-state index contributed by atoms with van der Waals surface area (Å²) in [6, 6.07) is -0.884. The first-order valence-electron chi connectivity index (χ1n) is 4.03. The molecule has 90 valence electrons. The molecule has 0 aromatic heterocycles. The molecule has 3 N–H and O–H groups in total. The van der Waals surface area contributed by atoms with Gasteiger partial charge in [-0.1, -0.05) is 11.6 Å². The summed E-state index contributed by atoms with van der Waals surface area (Å²) >= 11 is 5.65. The number of aliphatic carboxylic acids is 1. The van der Waals surface area contributed by atoms with Gasteiger partial charge in [0, 0.05) is 0 Å². The third-order valence-corrected chi connectivity index (χ3v) is 4.41. The van der Waals surface area contributed by atoms with E-state index >= 15 is 0 Å². The summed E-state index contributed by atoms with van der Waals surface area (Å²) < 4.78 is 11.5. The van der Waals surface area contributed by atoms with E-state index in [4.69, 9.17) is 22.4 Å². The van der Waals surface area contributed by atoms with Crippen LogP contribution in [0.15, 0.2) is 10.7 Å². The van der Waals surface area contributed by atoms with E-state index in [2.05, 4.69) is 0 Å². The molecule has 1 amide bonds. The predicted molar refractivity (Wildman–Crippen MR) is 59.4 cm³/mol. The summed E-state index contributed by atoms with van der Waals surface area (Å²) in [5.74, 6) is -1.92. The van der Waals surface area contributed by atoms with Crippen LogP contribution in [0.3, 0.4) is 0 Å². The number of carbonyl (C=O) groups excluding carboxylic acids is 1. The van der Waals surface area contributed by atoms with Gasteiger partial charge in [-0.2, -0.15) is 0 Å². The summed E-state index contributed by atoms with van der Waals surface area (Å²) in [6.07, 6.45) is 0. The van der Waals surface area contributed by atoms with Gasteiger partial charge >= 0.3 is 5.97 Å². The minimum Gasteiger partial charge on any atom is -0.477 e. The molecule has 0 aliphatic carbocycles. The average Bonchev–Trinajstić information content (AvgIpc) is 2.15. The van der Waals surface area contributed by atoms with Crippen molar-refractivity contribution in [3.05, 3.63) is 10.7 Å². The molecule has 1 saturated heterocycles. The van der Waals surface area contributed by atoms with Crippen LogP contribution in [0.5, 0.6) is 0 Å². The number of carboxylic acids is 1. The highest BCUT2D eigenvalue weighted by atomic mass is 35.5. The second-order valence-electron chi connectivity index (χ2n) is 3.21. The second kappa shape index (κ2) is 4.33. The zero-order chi connectivity index (χ0) is 11.3. The summed E-state index contributed by atoms with van der Waals surface area (Å²) in [5.41, 5.74) is 5.13. The molecule has 6 nitrogen and oxygen atoms in total. The minimum absolute atomic E-state index is 0. The van der Waals surface area contributed by atoms with Crippen molar-refractivity contribution in [3.63, 3.8) is 0 Å². The van der Waals surface area contributed by atoms with Crippen LogP contribution < -0.4 is 5.73 Å². The highest BCUT2D eigenvalue weighted by Gasteiger charge is 2.54. The SMILES string of the molecule is Cl.N[C@@H]1C(=O)N2C(C(=O)O)=C(Cl)CS(=O)[C@H]12. The number of rotatable bonds is 1. The van der Waals surface area contributed by atoms with Crippen molar-refractivity contribution in [2.75, 3.05) is 5.75 Å². The monoisotopic (exact) mass is 286 g/mol. The maximum atomic E-state index is 11.5. The summed E-state index contributed by atoms with van der Waals surface area (Å²) in [7, 11) is -1.42. The van der Waals surface area contributed by atoms with E-state index in [9.17, 15) is 13.8 Å². The first-order valence-corrected chi connectivity index (χ1v) is 5.79. The number of nitrogens with zero attached hydrogens (tertiary/aromatic N) is 1. The van der Waals surface area contributed by atoms with Crippen molar-refractivity contribution >= 4 is 46.7 Å². The van der Waals surface area contributed by atoms with Gasteiger partial charge < -0.3 is 10.8 Å². The van der Waals surface area contributed by atoms with Gasteiger partial charge in [0.2, 0.25) is 5.91 Å². The molecule has 0 aromatic rings. The van der Waals surface area contributed by atoms with Gasteiger partial charge in [-0.25, -0.2) is 4.79 Å². The fraction of sp³-hybridized carbons (Fsp3) is 0.429. The number of carboxylic acid groups (broad SMARTS) is 1. The molecule has 3 atom stereocenters. The summed E-state index contributed by atoms with van der Waals surface area (Å²) in [6.45, 7) is 0. The molecular weight excluding hydrogens is 279 g/mol. The van der Waals surface area contributed by atoms with Crippen LogP contribution in [0.4, 0.5) is 0 Å². The minimum atomic E-state index is -1.42. The third-order valence-electron chi connectivity index (χ3n) is 2.32. The lowest BCUT2D eigenvalue weighted by Crippen LogP contribution is -2.71. The number of carbonyl (C=O) groups is 2. The van der Waals surface area contributed by atoms with Crippen LogP contribution in [0.1, 0.15) is 0 Å². The van der Waals surface area contributed by atoms with Crippen LogP contribution in [0, 0.1) is 0 Å². The Bertz CT molecular complexity index is 425. The van der Waals surface area contributed by atoms with Crippen molar-refractivity contribution in [2.45, 2.75) is 11.4 Å². The van der Waals surface area contributed by atoms with Gasteiger partial charge in [0.05, 0.1) is 21.6 Å². The van der Waals surface area contributed by atoms with Gasteiger partial charge in [0.15, 0.2) is 0 Å². The Labute approximate surface area is 104 Å². The molecule has 2 aliphatic rings. The van der Waals surface area contributed by atoms with Gasteiger partial charge in [-0.15, -0.1) is 12.4 Å². The van der Waals surface area contributed by atoms with E-state index in [0.717, 1.165) is 4.90 Å². The Hall–Kier alpha value is -0.630. The number of halogens is 2. The molecular formula is C7H8Cl2N2O4S. The normalized spacial score (nSPS) is 32.8. The average molecular weight is 287 g/mol. The molecule has 9 heteroatoms. The summed E-state index contributed by atoms with van der Waals surface area (Å²) in [4.78, 5) is 23.1. The van der Waals surface area contributed by atoms with Crippen LogP contribution in [-0.2, 0) is 20.4 Å². The first kappa shape index (κ1) is 13.4. The van der Waals surface area contributed by atoms with Crippen molar-refractivity contribution in [1.29, 1.82) is 0 Å². The van der Waals surface area contributed by atoms with Crippen molar-refractivity contribution < 1.29 is 18.9 Å². The maximum absolute atomic E-state index is 11.5. The van der Waals surface area contributed by atoms with Crippen LogP contribution in [0.25, 0.3) is 0 Å². The topological polar surface area (TPSA) is 101 Å². The number of β-lactam (4-membered cyclic amide) rings is 1. The highest BCUT2D eigenvalue weighted by molar-refractivity contribution is 7.86. The number of nitrogens with two attached hydrogens (primary N) is 1. The van der Waals surface area contributed by atoms with Gasteiger partial charge in [0.25, 0.3) is 0 Å². The number of hydrogen-bond donors (Lipinski definition) is 2. The van der Waals surface area contributed by atoms with E-state index < -0.39 is 34.1 Å². The van der Waals surface area contributed by atoms with E-state index in [1.54, 1.807) is 0 Å². The fourth-order valence-corrected chi connectivity index (χ4v) is 3.57. The maximum Gasteiger partial charge on any atom is 0.353 e. The number of fused-ring (bicyclic) bond motifs is 1. The number of hydrogen-bond acceptors (Lipinski definition) is 4. The van der Waals surface area contributed by atoms with Crippen molar-refractivity contribution in [1.82, 2.24) is 4.90 Å². The molecule has 0 radical (unpaired) electrons. The van der Waals surface area contributed by atoms with Gasteiger partial charge in [-0.05, 0) is 0 Å². The highest BCUT2D eigenvalue weighted by Crippen LogP contribution is 2.34. The molecule has 2 rings (SSSR count). The van der Waals surface area contributed by atoms with Gasteiger partial charge in [0.1, 0.15) is 17.1 Å². The Balaban J connectivity index is 0.00000128. The lowest BCUT2D eigenvalue weighted by atomic mass is 10.1. The van der Waals surface area contributed by atoms with E-state index in [0.29, 0.717) is 0 Å². The molecule has 0 bridgehead atoms. The lowest BCUT2D eigenvalue weighted by Gasteiger charge is -2.46. The third kappa shape index (κ3) is 1.64. The second-order valence-corrected chi connectivity index (χ2v) is 5.20. The fourth-order valence-electron chi connectivity index (χ4n) is 1.63. The van der Waals surface area contributed by atoms with E-state index in [-0.39, 0.29) is 28.9 Å². The molecule has 1 fully saturated rings. The van der Waals surface area contributed by atoms with Crippen LogP contribution >= 0.6 is 24.0 Å². The molecule has 2 aliphatic heterocycles. The molecule has 0 saturated carbocycles. The Morgan fingerprint density at radius 1 is 1.62 bits per heavy atom. The molecule has 2 heterocycles.